The van der Waals surface area contributed by atoms with Crippen molar-refractivity contribution in [2.75, 3.05) is 10.6 Å². The van der Waals surface area contributed by atoms with Crippen molar-refractivity contribution in [3.63, 3.8) is 0 Å². The highest BCUT2D eigenvalue weighted by atomic mass is 79.9. The fraction of sp³-hybridized carbons (Fsp3) is 0.0952. The minimum absolute atomic E-state index is 0.275. The summed E-state index contributed by atoms with van der Waals surface area (Å²) < 4.78 is 18.7. The molecular formula is C21H16Br2ClFN6S. The summed E-state index contributed by atoms with van der Waals surface area (Å²) in [4.78, 5) is 0. The predicted molar refractivity (Wildman–Crippen MR) is 136 cm³/mol. The predicted octanol–water partition coefficient (Wildman–Crippen LogP) is 6.30. The van der Waals surface area contributed by atoms with Crippen LogP contribution in [0, 0.1) is 5.82 Å². The van der Waals surface area contributed by atoms with Crippen LogP contribution in [-0.2, 0) is 13.1 Å². The summed E-state index contributed by atoms with van der Waals surface area (Å²) in [5, 5.41) is 16.0. The van der Waals surface area contributed by atoms with Gasteiger partial charge in [0.1, 0.15) is 5.82 Å². The van der Waals surface area contributed by atoms with E-state index in [2.05, 4.69) is 52.7 Å². The fourth-order valence-electron chi connectivity index (χ4n) is 2.97. The summed E-state index contributed by atoms with van der Waals surface area (Å²) in [7, 11) is 0. The Kier molecular flexibility index (Phi) is 7.24. The Morgan fingerprint density at radius 3 is 1.94 bits per heavy atom. The maximum Gasteiger partial charge on any atom is 0.177 e. The minimum Gasteiger partial charge on any atom is -0.315 e. The molecule has 0 unspecified atom stereocenters. The Labute approximate surface area is 211 Å². The number of hydrogen-bond donors (Lipinski definition) is 2. The number of halogens is 4. The second-order valence-electron chi connectivity index (χ2n) is 6.81. The van der Waals surface area contributed by atoms with Crippen LogP contribution in [-0.4, -0.2) is 24.7 Å². The van der Waals surface area contributed by atoms with E-state index in [1.165, 1.54) is 6.07 Å². The molecule has 32 heavy (non-hydrogen) atoms. The van der Waals surface area contributed by atoms with Gasteiger partial charge in [0.15, 0.2) is 16.7 Å². The van der Waals surface area contributed by atoms with Gasteiger partial charge in [-0.2, -0.15) is 10.2 Å². The standard InChI is InChI=1S/C21H16Br2ClFN6S/c22-15-11-30(9-13-5-1-3-7-17(13)24)28-19(15)26-21(32)27-20-16(23)12-31(29-20)10-14-6-2-4-8-18(14)25/h1-8,11-12H,9-10H2,(H2,26,27,28,29,32). The third-order valence-electron chi connectivity index (χ3n) is 4.48. The van der Waals surface area contributed by atoms with Gasteiger partial charge in [0, 0.05) is 23.0 Å². The molecule has 0 atom stereocenters. The van der Waals surface area contributed by atoms with Crippen LogP contribution >= 0.6 is 55.7 Å². The zero-order valence-corrected chi connectivity index (χ0v) is 21.1. The molecule has 11 heteroatoms. The van der Waals surface area contributed by atoms with Gasteiger partial charge < -0.3 is 10.6 Å². The first-order valence-electron chi connectivity index (χ1n) is 9.40. The van der Waals surface area contributed by atoms with Crippen molar-refractivity contribution in [3.8, 4) is 0 Å². The van der Waals surface area contributed by atoms with E-state index in [4.69, 9.17) is 23.8 Å². The second kappa shape index (κ2) is 10.1. The smallest absolute Gasteiger partial charge is 0.177 e. The highest BCUT2D eigenvalue weighted by molar-refractivity contribution is 9.11. The van der Waals surface area contributed by atoms with Crippen molar-refractivity contribution in [1.29, 1.82) is 0 Å². The summed E-state index contributed by atoms with van der Waals surface area (Å²) in [5.74, 6) is 0.782. The molecule has 4 aromatic rings. The van der Waals surface area contributed by atoms with E-state index in [0.717, 1.165) is 10.0 Å². The Morgan fingerprint density at radius 1 is 0.875 bits per heavy atom. The summed E-state index contributed by atoms with van der Waals surface area (Å²) in [6, 6.07) is 14.2. The van der Waals surface area contributed by atoms with E-state index >= 15 is 0 Å². The van der Waals surface area contributed by atoms with E-state index in [-0.39, 0.29) is 5.82 Å². The molecule has 0 saturated heterocycles. The quantitative estimate of drug-likeness (QED) is 0.255. The molecule has 2 aromatic carbocycles. The molecule has 0 bridgehead atoms. The summed E-state index contributed by atoms with van der Waals surface area (Å²) in [5.41, 5.74) is 1.50. The van der Waals surface area contributed by atoms with Crippen molar-refractivity contribution in [2.24, 2.45) is 0 Å². The lowest BCUT2D eigenvalue weighted by Crippen LogP contribution is -2.20. The van der Waals surface area contributed by atoms with E-state index in [0.29, 0.717) is 44.9 Å². The first kappa shape index (κ1) is 22.9. The van der Waals surface area contributed by atoms with Gasteiger partial charge in [0.25, 0.3) is 0 Å². The van der Waals surface area contributed by atoms with Crippen LogP contribution in [0.3, 0.4) is 0 Å². The van der Waals surface area contributed by atoms with Crippen molar-refractivity contribution in [2.45, 2.75) is 13.1 Å². The number of benzene rings is 2. The number of thiocarbonyl (C=S) groups is 1. The van der Waals surface area contributed by atoms with Gasteiger partial charge in [-0.1, -0.05) is 48.0 Å². The van der Waals surface area contributed by atoms with Crippen molar-refractivity contribution < 1.29 is 4.39 Å². The number of nitrogens with zero attached hydrogens (tertiary/aromatic N) is 4. The molecule has 0 fully saturated rings. The van der Waals surface area contributed by atoms with Crippen molar-refractivity contribution >= 4 is 72.4 Å². The molecule has 0 aliphatic heterocycles. The first-order chi connectivity index (χ1) is 15.4. The zero-order valence-electron chi connectivity index (χ0n) is 16.4. The average Bonchev–Trinajstić information content (AvgIpc) is 3.26. The van der Waals surface area contributed by atoms with Gasteiger partial charge in [0.2, 0.25) is 0 Å². The molecule has 164 valence electrons. The van der Waals surface area contributed by atoms with Crippen LogP contribution in [0.15, 0.2) is 69.9 Å². The number of hydrogen-bond acceptors (Lipinski definition) is 3. The monoisotopic (exact) mass is 596 g/mol. The third-order valence-corrected chi connectivity index (χ3v) is 6.21. The normalized spacial score (nSPS) is 10.9. The van der Waals surface area contributed by atoms with Gasteiger partial charge in [-0.3, -0.25) is 9.36 Å². The van der Waals surface area contributed by atoms with Gasteiger partial charge in [-0.25, -0.2) is 4.39 Å². The Hall–Kier alpha value is -2.27. The van der Waals surface area contributed by atoms with Gasteiger partial charge in [-0.15, -0.1) is 0 Å². The molecule has 0 amide bonds. The lowest BCUT2D eigenvalue weighted by molar-refractivity contribution is 0.586. The number of aromatic nitrogens is 4. The zero-order chi connectivity index (χ0) is 22.7. The maximum absolute atomic E-state index is 13.9. The van der Waals surface area contributed by atoms with Gasteiger partial charge >= 0.3 is 0 Å². The van der Waals surface area contributed by atoms with Crippen LogP contribution in [0.1, 0.15) is 11.1 Å². The van der Waals surface area contributed by atoms with Crippen molar-refractivity contribution in [3.05, 3.63) is 91.8 Å². The highest BCUT2D eigenvalue weighted by Gasteiger charge is 2.13. The fourth-order valence-corrected chi connectivity index (χ4v) is 4.19. The van der Waals surface area contributed by atoms with E-state index < -0.39 is 0 Å². The Morgan fingerprint density at radius 2 is 1.38 bits per heavy atom. The summed E-state index contributed by atoms with van der Waals surface area (Å²) >= 11 is 18.6. The van der Waals surface area contributed by atoms with Gasteiger partial charge in [0.05, 0.1) is 22.0 Å². The molecule has 2 N–H and O–H groups in total. The number of rotatable bonds is 6. The molecule has 0 spiro atoms. The Balaban J connectivity index is 1.41. The van der Waals surface area contributed by atoms with E-state index in [1.54, 1.807) is 33.8 Å². The molecule has 2 aromatic heterocycles. The van der Waals surface area contributed by atoms with Gasteiger partial charge in [-0.05, 0) is 61.8 Å². The van der Waals surface area contributed by atoms with Crippen LogP contribution in [0.25, 0.3) is 0 Å². The van der Waals surface area contributed by atoms with Crippen LogP contribution in [0.4, 0.5) is 16.0 Å². The molecule has 0 aliphatic carbocycles. The van der Waals surface area contributed by atoms with Crippen molar-refractivity contribution in [1.82, 2.24) is 19.6 Å². The molecule has 6 nitrogen and oxygen atoms in total. The first-order valence-corrected chi connectivity index (χ1v) is 11.8. The number of anilines is 2. The maximum atomic E-state index is 13.9. The number of nitrogens with one attached hydrogen (secondary N) is 2. The minimum atomic E-state index is -0.275. The SMILES string of the molecule is Fc1ccccc1Cn1cc(Br)c(NC(=S)Nc2nn(Cc3ccccc3Cl)cc2Br)n1. The largest absolute Gasteiger partial charge is 0.315 e. The molecular weight excluding hydrogens is 583 g/mol. The second-order valence-corrected chi connectivity index (χ2v) is 9.33. The Bertz CT molecular complexity index is 1180. The lowest BCUT2D eigenvalue weighted by Gasteiger charge is -2.08. The highest BCUT2D eigenvalue weighted by Crippen LogP contribution is 2.24. The molecule has 2 heterocycles. The van der Waals surface area contributed by atoms with Crippen LogP contribution < -0.4 is 10.6 Å². The summed E-state index contributed by atoms with van der Waals surface area (Å²) in [6.07, 6.45) is 3.60. The van der Waals surface area contributed by atoms with E-state index in [9.17, 15) is 4.39 Å². The third kappa shape index (κ3) is 5.55. The van der Waals surface area contributed by atoms with E-state index in [1.807, 2.05) is 30.5 Å². The van der Waals surface area contributed by atoms with Crippen LogP contribution in [0.2, 0.25) is 5.02 Å². The topological polar surface area (TPSA) is 59.7 Å². The molecule has 0 aliphatic rings. The summed E-state index contributed by atoms with van der Waals surface area (Å²) in [6.45, 7) is 0.817. The molecule has 0 radical (unpaired) electrons. The van der Waals surface area contributed by atoms with Crippen LogP contribution in [0.5, 0.6) is 0 Å². The molecule has 0 saturated carbocycles. The average molecular weight is 599 g/mol. The lowest BCUT2D eigenvalue weighted by atomic mass is 10.2. The molecule has 4 rings (SSSR count).